The summed E-state index contributed by atoms with van der Waals surface area (Å²) in [6.45, 7) is 1.75. The Morgan fingerprint density at radius 1 is 1.19 bits per heavy atom. The molecule has 2 aromatic heterocycles. The number of piperidine rings is 1. The zero-order valence-corrected chi connectivity index (χ0v) is 16.2. The summed E-state index contributed by atoms with van der Waals surface area (Å²) in [7, 11) is 0. The summed E-state index contributed by atoms with van der Waals surface area (Å²) in [6.07, 6.45) is -1.06. The molecule has 0 aliphatic carbocycles. The first-order valence-electron chi connectivity index (χ1n) is 9.61. The molecule has 2 amide bonds. The highest BCUT2D eigenvalue weighted by molar-refractivity contribution is 6.10. The van der Waals surface area contributed by atoms with E-state index in [1.807, 2.05) is 10.9 Å². The molecule has 1 aromatic carbocycles. The van der Waals surface area contributed by atoms with Crippen molar-refractivity contribution < 1.29 is 22.8 Å². The molecule has 11 heteroatoms. The van der Waals surface area contributed by atoms with E-state index in [9.17, 15) is 22.8 Å². The second-order valence-electron chi connectivity index (χ2n) is 7.27. The van der Waals surface area contributed by atoms with E-state index in [0.29, 0.717) is 10.9 Å². The van der Waals surface area contributed by atoms with E-state index >= 15 is 0 Å². The lowest BCUT2D eigenvalue weighted by molar-refractivity contribution is -0.141. The molecule has 162 valence electrons. The molecule has 0 unspecified atom stereocenters. The summed E-state index contributed by atoms with van der Waals surface area (Å²) >= 11 is 0. The standard InChI is InChI=1S/C20H19F3N6O2/c21-20(22,23)17-3-1-2-14(26-17)19(31)27-16-8-11-10-29(12-4-6-25-7-5-12)28-15(11)9-13(16)18(24)30/h1-3,8-10,12,25H,4-7H2,(H2,24,30)(H,27,31). The Kier molecular flexibility index (Phi) is 5.36. The number of nitrogens with zero attached hydrogens (tertiary/aromatic N) is 3. The molecule has 0 radical (unpaired) electrons. The van der Waals surface area contributed by atoms with Crippen molar-refractivity contribution in [3.05, 3.63) is 53.5 Å². The average molecular weight is 432 g/mol. The van der Waals surface area contributed by atoms with E-state index in [1.54, 1.807) is 0 Å². The number of carbonyl (C=O) groups excluding carboxylic acids is 2. The molecule has 0 saturated carbocycles. The van der Waals surface area contributed by atoms with Crippen molar-refractivity contribution >= 4 is 28.4 Å². The van der Waals surface area contributed by atoms with E-state index in [-0.39, 0.29) is 17.3 Å². The molecule has 0 spiro atoms. The van der Waals surface area contributed by atoms with Crippen LogP contribution in [-0.4, -0.2) is 39.7 Å². The molecule has 31 heavy (non-hydrogen) atoms. The van der Waals surface area contributed by atoms with E-state index in [2.05, 4.69) is 20.7 Å². The first-order chi connectivity index (χ1) is 14.7. The van der Waals surface area contributed by atoms with E-state index in [1.165, 1.54) is 12.1 Å². The Balaban J connectivity index is 1.66. The SMILES string of the molecule is NC(=O)c1cc2nn(C3CCNCC3)cc2cc1NC(=O)c1cccc(C(F)(F)F)n1. The Bertz CT molecular complexity index is 1150. The molecule has 1 fully saturated rings. The summed E-state index contributed by atoms with van der Waals surface area (Å²) in [5.74, 6) is -1.69. The molecule has 8 nitrogen and oxygen atoms in total. The molecule has 0 bridgehead atoms. The number of nitrogens with two attached hydrogens (primary N) is 1. The van der Waals surface area contributed by atoms with Gasteiger partial charge >= 0.3 is 6.18 Å². The predicted molar refractivity (Wildman–Crippen MR) is 107 cm³/mol. The van der Waals surface area contributed by atoms with Crippen LogP contribution in [0.5, 0.6) is 0 Å². The summed E-state index contributed by atoms with van der Waals surface area (Å²) in [5.41, 5.74) is 4.44. The van der Waals surface area contributed by atoms with Crippen molar-refractivity contribution in [2.75, 3.05) is 18.4 Å². The topological polar surface area (TPSA) is 115 Å². The summed E-state index contributed by atoms with van der Waals surface area (Å²) in [6, 6.07) is 6.22. The highest BCUT2D eigenvalue weighted by Gasteiger charge is 2.33. The molecule has 1 aliphatic heterocycles. The van der Waals surface area contributed by atoms with Crippen LogP contribution in [0.15, 0.2) is 36.5 Å². The number of benzene rings is 1. The van der Waals surface area contributed by atoms with Gasteiger partial charge in [0.05, 0.1) is 22.8 Å². The maximum absolute atomic E-state index is 12.9. The molecular formula is C20H19F3N6O2. The largest absolute Gasteiger partial charge is 0.433 e. The highest BCUT2D eigenvalue weighted by Crippen LogP contribution is 2.29. The van der Waals surface area contributed by atoms with Crippen LogP contribution >= 0.6 is 0 Å². The maximum Gasteiger partial charge on any atom is 0.433 e. The van der Waals surface area contributed by atoms with Gasteiger partial charge in [-0.2, -0.15) is 18.3 Å². The lowest BCUT2D eigenvalue weighted by atomic mass is 10.1. The normalized spacial score (nSPS) is 15.2. The Hall–Kier alpha value is -3.47. The van der Waals surface area contributed by atoms with Gasteiger partial charge in [0.15, 0.2) is 0 Å². The maximum atomic E-state index is 12.9. The van der Waals surface area contributed by atoms with Gasteiger partial charge in [-0.1, -0.05) is 6.07 Å². The number of pyridine rings is 1. The van der Waals surface area contributed by atoms with Gasteiger partial charge in [-0.3, -0.25) is 14.3 Å². The van der Waals surface area contributed by atoms with Crippen molar-refractivity contribution in [3.8, 4) is 0 Å². The highest BCUT2D eigenvalue weighted by atomic mass is 19.4. The average Bonchev–Trinajstić information content (AvgIpc) is 3.16. The number of nitrogens with one attached hydrogen (secondary N) is 2. The minimum Gasteiger partial charge on any atom is -0.366 e. The minimum atomic E-state index is -4.68. The number of aromatic nitrogens is 3. The fourth-order valence-corrected chi connectivity index (χ4v) is 3.56. The number of hydrogen-bond donors (Lipinski definition) is 3. The van der Waals surface area contributed by atoms with Crippen molar-refractivity contribution in [1.82, 2.24) is 20.1 Å². The van der Waals surface area contributed by atoms with Crippen LogP contribution in [0.4, 0.5) is 18.9 Å². The van der Waals surface area contributed by atoms with Crippen molar-refractivity contribution in [1.29, 1.82) is 0 Å². The second-order valence-corrected chi connectivity index (χ2v) is 7.27. The molecule has 3 aromatic rings. The van der Waals surface area contributed by atoms with Crippen LogP contribution in [0, 0.1) is 0 Å². The number of rotatable bonds is 4. The lowest BCUT2D eigenvalue weighted by Gasteiger charge is -2.22. The number of carbonyl (C=O) groups is 2. The van der Waals surface area contributed by atoms with Crippen LogP contribution in [0.1, 0.15) is 45.4 Å². The molecule has 0 atom stereocenters. The third-order valence-corrected chi connectivity index (χ3v) is 5.13. The summed E-state index contributed by atoms with van der Waals surface area (Å²) in [5, 5.41) is 10.9. The van der Waals surface area contributed by atoms with Gasteiger partial charge < -0.3 is 16.4 Å². The smallest absolute Gasteiger partial charge is 0.366 e. The lowest BCUT2D eigenvalue weighted by Crippen LogP contribution is -2.29. The van der Waals surface area contributed by atoms with Crippen LogP contribution in [0.2, 0.25) is 0 Å². The van der Waals surface area contributed by atoms with Gasteiger partial charge in [0.2, 0.25) is 0 Å². The quantitative estimate of drug-likeness (QED) is 0.587. The summed E-state index contributed by atoms with van der Waals surface area (Å²) < 4.78 is 40.5. The van der Waals surface area contributed by atoms with Crippen LogP contribution in [-0.2, 0) is 6.18 Å². The predicted octanol–water partition coefficient (Wildman–Crippen LogP) is 2.73. The van der Waals surface area contributed by atoms with Gasteiger partial charge in [-0.25, -0.2) is 4.98 Å². The zero-order valence-electron chi connectivity index (χ0n) is 16.2. The summed E-state index contributed by atoms with van der Waals surface area (Å²) in [4.78, 5) is 27.8. The van der Waals surface area contributed by atoms with Crippen LogP contribution < -0.4 is 16.4 Å². The van der Waals surface area contributed by atoms with Gasteiger partial charge in [0.1, 0.15) is 11.4 Å². The number of halogens is 3. The third-order valence-electron chi connectivity index (χ3n) is 5.13. The monoisotopic (exact) mass is 432 g/mol. The van der Waals surface area contributed by atoms with Crippen molar-refractivity contribution in [2.24, 2.45) is 5.73 Å². The first-order valence-corrected chi connectivity index (χ1v) is 9.61. The van der Waals surface area contributed by atoms with Crippen LogP contribution in [0.3, 0.4) is 0 Å². The number of alkyl halides is 3. The van der Waals surface area contributed by atoms with E-state index in [4.69, 9.17) is 5.73 Å². The first kappa shape index (κ1) is 20.8. The Morgan fingerprint density at radius 2 is 1.94 bits per heavy atom. The number of fused-ring (bicyclic) bond motifs is 1. The molecule has 4 rings (SSSR count). The van der Waals surface area contributed by atoms with Crippen molar-refractivity contribution in [2.45, 2.75) is 25.1 Å². The van der Waals surface area contributed by atoms with Gasteiger partial charge in [0, 0.05) is 11.6 Å². The third kappa shape index (κ3) is 4.36. The minimum absolute atomic E-state index is 0.00314. The van der Waals surface area contributed by atoms with Gasteiger partial charge in [-0.15, -0.1) is 0 Å². The van der Waals surface area contributed by atoms with E-state index in [0.717, 1.165) is 44.1 Å². The van der Waals surface area contributed by atoms with E-state index < -0.39 is 29.4 Å². The number of anilines is 1. The van der Waals surface area contributed by atoms with Gasteiger partial charge in [-0.05, 0) is 50.2 Å². The number of hydrogen-bond acceptors (Lipinski definition) is 5. The van der Waals surface area contributed by atoms with Crippen LogP contribution in [0.25, 0.3) is 10.9 Å². The Labute approximate surface area is 174 Å². The molecule has 4 N–H and O–H groups in total. The second kappa shape index (κ2) is 7.99. The molecule has 3 heterocycles. The fraction of sp³-hybridized carbons (Fsp3) is 0.300. The molecule has 1 saturated heterocycles. The molecular weight excluding hydrogens is 413 g/mol. The zero-order chi connectivity index (χ0) is 22.2. The fourth-order valence-electron chi connectivity index (χ4n) is 3.56. The number of primary amides is 1. The van der Waals surface area contributed by atoms with Gasteiger partial charge in [0.25, 0.3) is 11.8 Å². The Morgan fingerprint density at radius 3 is 2.61 bits per heavy atom. The molecule has 1 aliphatic rings. The number of amides is 2. The van der Waals surface area contributed by atoms with Crippen molar-refractivity contribution in [3.63, 3.8) is 0 Å².